The highest BCUT2D eigenvalue weighted by Gasteiger charge is 2.30. The summed E-state index contributed by atoms with van der Waals surface area (Å²) in [6.07, 6.45) is -0.283. The van der Waals surface area contributed by atoms with Crippen molar-refractivity contribution in [3.63, 3.8) is 0 Å². The highest BCUT2D eigenvalue weighted by Crippen LogP contribution is 2.33. The van der Waals surface area contributed by atoms with E-state index in [4.69, 9.17) is 11.6 Å². The molecule has 1 aromatic carbocycles. The van der Waals surface area contributed by atoms with Crippen molar-refractivity contribution in [1.82, 2.24) is 15.0 Å². The summed E-state index contributed by atoms with van der Waals surface area (Å²) in [5, 5.41) is 8.09. The highest BCUT2D eigenvalue weighted by molar-refractivity contribution is 8.02. The van der Waals surface area contributed by atoms with Crippen molar-refractivity contribution >= 4 is 52.2 Å². The summed E-state index contributed by atoms with van der Waals surface area (Å²) in [5.41, 5.74) is 1.77. The maximum absolute atomic E-state index is 12.9. The zero-order valence-corrected chi connectivity index (χ0v) is 16.9. The molecule has 10 heteroatoms. The lowest BCUT2D eigenvalue weighted by Crippen LogP contribution is -2.06. The number of thioether (sulfide) groups is 1. The molecule has 154 valence electrons. The van der Waals surface area contributed by atoms with Gasteiger partial charge in [0.25, 0.3) is 0 Å². The predicted molar refractivity (Wildman–Crippen MR) is 114 cm³/mol. The Kier molecular flexibility index (Phi) is 5.83. The zero-order valence-electron chi connectivity index (χ0n) is 15.4. The molecule has 3 aromatic rings. The number of halogens is 4. The van der Waals surface area contributed by atoms with Crippen molar-refractivity contribution in [2.45, 2.75) is 12.6 Å². The smallest absolute Gasteiger partial charge is 0.339 e. The molecule has 0 spiro atoms. The van der Waals surface area contributed by atoms with Crippen LogP contribution in [0.3, 0.4) is 0 Å². The van der Waals surface area contributed by atoms with Crippen molar-refractivity contribution in [1.29, 1.82) is 0 Å². The van der Waals surface area contributed by atoms with E-state index in [0.29, 0.717) is 5.82 Å². The molecule has 2 aromatic heterocycles. The molecule has 2 N–H and O–H groups in total. The summed E-state index contributed by atoms with van der Waals surface area (Å²) in [6.45, 7) is 0. The Labute approximate surface area is 179 Å². The molecule has 0 atom stereocenters. The van der Waals surface area contributed by atoms with Crippen LogP contribution >= 0.6 is 23.4 Å². The van der Waals surface area contributed by atoms with Gasteiger partial charge in [0.15, 0.2) is 5.82 Å². The number of benzene rings is 1. The molecule has 0 amide bonds. The summed E-state index contributed by atoms with van der Waals surface area (Å²) in [6, 6.07) is 8.57. The lowest BCUT2D eigenvalue weighted by atomic mass is 10.1. The van der Waals surface area contributed by atoms with E-state index in [0.717, 1.165) is 29.9 Å². The largest absolute Gasteiger partial charge is 0.416 e. The number of pyridine rings is 1. The van der Waals surface area contributed by atoms with Crippen LogP contribution in [0.5, 0.6) is 0 Å². The van der Waals surface area contributed by atoms with Gasteiger partial charge in [-0.15, -0.1) is 11.8 Å². The third-order valence-electron chi connectivity index (χ3n) is 4.29. The zero-order chi connectivity index (χ0) is 21.1. The topological polar surface area (TPSA) is 62.7 Å². The summed E-state index contributed by atoms with van der Waals surface area (Å²) in [7, 11) is 0. The number of anilines is 4. The van der Waals surface area contributed by atoms with Gasteiger partial charge in [0.2, 0.25) is 5.95 Å². The van der Waals surface area contributed by atoms with Crippen molar-refractivity contribution in [3.8, 4) is 0 Å². The Balaban J connectivity index is 1.51. The van der Waals surface area contributed by atoms with Gasteiger partial charge in [0.1, 0.15) is 10.8 Å². The predicted octanol–water partition coefficient (Wildman–Crippen LogP) is 6.51. The van der Waals surface area contributed by atoms with E-state index in [9.17, 15) is 13.2 Å². The molecule has 0 fully saturated rings. The third kappa shape index (κ3) is 4.85. The molecule has 0 unspecified atom stereocenters. The van der Waals surface area contributed by atoms with E-state index in [2.05, 4.69) is 31.0 Å². The van der Waals surface area contributed by atoms with Crippen LogP contribution in [0.2, 0.25) is 5.02 Å². The molecule has 1 aliphatic heterocycles. The number of nitrogens with one attached hydrogen (secondary N) is 2. The average molecular weight is 450 g/mol. The van der Waals surface area contributed by atoms with Crippen LogP contribution in [0.25, 0.3) is 5.57 Å². The molecule has 1 aliphatic rings. The van der Waals surface area contributed by atoms with Crippen LogP contribution in [0.1, 0.15) is 17.5 Å². The first-order chi connectivity index (χ1) is 14.4. The number of hydrogen-bond donors (Lipinski definition) is 2. The second-order valence-electron chi connectivity index (χ2n) is 6.41. The van der Waals surface area contributed by atoms with Crippen molar-refractivity contribution in [2.75, 3.05) is 16.4 Å². The van der Waals surface area contributed by atoms with Gasteiger partial charge in [0, 0.05) is 17.6 Å². The Bertz CT molecular complexity index is 1090. The van der Waals surface area contributed by atoms with E-state index < -0.39 is 11.7 Å². The molecule has 5 nitrogen and oxygen atoms in total. The van der Waals surface area contributed by atoms with Crippen LogP contribution in [0, 0.1) is 0 Å². The van der Waals surface area contributed by atoms with Crippen molar-refractivity contribution in [3.05, 3.63) is 70.3 Å². The summed E-state index contributed by atoms with van der Waals surface area (Å²) in [4.78, 5) is 12.7. The highest BCUT2D eigenvalue weighted by atomic mass is 35.5. The van der Waals surface area contributed by atoms with E-state index >= 15 is 0 Å². The first-order valence-electron chi connectivity index (χ1n) is 8.89. The van der Waals surface area contributed by atoms with E-state index in [1.165, 1.54) is 23.9 Å². The van der Waals surface area contributed by atoms with Crippen molar-refractivity contribution in [2.24, 2.45) is 0 Å². The molecule has 0 saturated heterocycles. The third-order valence-corrected chi connectivity index (χ3v) is 5.45. The van der Waals surface area contributed by atoms with Gasteiger partial charge in [-0.1, -0.05) is 17.7 Å². The minimum absolute atomic E-state index is 0.173. The van der Waals surface area contributed by atoms with Crippen LogP contribution < -0.4 is 10.6 Å². The minimum Gasteiger partial charge on any atom is -0.339 e. The number of rotatable bonds is 5. The lowest BCUT2D eigenvalue weighted by Gasteiger charge is -2.12. The van der Waals surface area contributed by atoms with Gasteiger partial charge in [-0.25, -0.2) is 9.97 Å². The number of nitrogens with zero attached hydrogens (tertiary/aromatic N) is 3. The monoisotopic (exact) mass is 449 g/mol. The normalized spacial score (nSPS) is 13.8. The van der Waals surface area contributed by atoms with Crippen LogP contribution in [0.15, 0.2) is 54.2 Å². The van der Waals surface area contributed by atoms with E-state index in [-0.39, 0.29) is 22.5 Å². The maximum atomic E-state index is 12.9. The second kappa shape index (κ2) is 8.53. The quantitative estimate of drug-likeness (QED) is 0.463. The molecule has 3 heterocycles. The van der Waals surface area contributed by atoms with Crippen LogP contribution in [-0.4, -0.2) is 20.7 Å². The molecule has 0 bridgehead atoms. The minimum atomic E-state index is -4.44. The van der Waals surface area contributed by atoms with Gasteiger partial charge >= 0.3 is 6.18 Å². The van der Waals surface area contributed by atoms with Crippen LogP contribution in [-0.2, 0) is 6.18 Å². The number of allylic oxidation sites excluding steroid dienone is 1. The van der Waals surface area contributed by atoms with Gasteiger partial charge < -0.3 is 10.6 Å². The molecule has 0 aliphatic carbocycles. The summed E-state index contributed by atoms with van der Waals surface area (Å²) < 4.78 is 38.8. The van der Waals surface area contributed by atoms with Gasteiger partial charge in [-0.2, -0.15) is 18.2 Å². The fourth-order valence-corrected chi connectivity index (χ4v) is 3.85. The van der Waals surface area contributed by atoms with Crippen LogP contribution in [0.4, 0.5) is 36.4 Å². The van der Waals surface area contributed by atoms with Gasteiger partial charge in [-0.05, 0) is 53.3 Å². The fraction of sp³-hybridized carbons (Fsp3) is 0.150. The van der Waals surface area contributed by atoms with Crippen molar-refractivity contribution < 1.29 is 13.2 Å². The van der Waals surface area contributed by atoms with E-state index in [1.54, 1.807) is 18.0 Å². The number of aromatic nitrogens is 3. The second-order valence-corrected chi connectivity index (χ2v) is 7.80. The van der Waals surface area contributed by atoms with Gasteiger partial charge in [-0.3, -0.25) is 0 Å². The molecule has 4 rings (SSSR count). The lowest BCUT2D eigenvalue weighted by molar-refractivity contribution is -0.137. The Hall–Kier alpha value is -2.78. The molecule has 0 saturated carbocycles. The maximum Gasteiger partial charge on any atom is 0.416 e. The van der Waals surface area contributed by atoms with E-state index in [1.807, 2.05) is 12.1 Å². The Morgan fingerprint density at radius 3 is 2.60 bits per heavy atom. The first-order valence-corrected chi connectivity index (χ1v) is 10.3. The average Bonchev–Trinajstić information content (AvgIpc) is 3.26. The SMILES string of the molecule is FC(F)(F)c1cccc(Nc2nc(Nc3ccc(C4=CSCC4)cn3)ncc2Cl)c1. The summed E-state index contributed by atoms with van der Waals surface area (Å²) >= 11 is 7.89. The van der Waals surface area contributed by atoms with Gasteiger partial charge in [0.05, 0.1) is 11.8 Å². The Morgan fingerprint density at radius 1 is 1.03 bits per heavy atom. The molecule has 0 radical (unpaired) electrons. The molecular formula is C20H15ClF3N5S. The molecular weight excluding hydrogens is 435 g/mol. The number of hydrogen-bond acceptors (Lipinski definition) is 6. The standard InChI is InChI=1S/C20H15ClF3N5S/c21-16-10-26-19(28-17-5-4-12(9-25-17)13-6-7-30-11-13)29-18(16)27-15-3-1-2-14(8-15)20(22,23)24/h1-5,8-11H,6-7H2,(H2,25,26,27,28,29). The Morgan fingerprint density at radius 2 is 1.90 bits per heavy atom. The summed E-state index contributed by atoms with van der Waals surface area (Å²) in [5.74, 6) is 2.01. The number of alkyl halides is 3. The fourth-order valence-electron chi connectivity index (χ4n) is 2.80. The molecule has 30 heavy (non-hydrogen) atoms. The first kappa shape index (κ1) is 20.5.